The van der Waals surface area contributed by atoms with Crippen LogP contribution in [0, 0.1) is 6.92 Å². The number of nitrogens with zero attached hydrogens (tertiary/aromatic N) is 1. The number of nitrogens with one attached hydrogen (secondary N) is 3. The van der Waals surface area contributed by atoms with Gasteiger partial charge in [-0.15, -0.1) is 0 Å². The van der Waals surface area contributed by atoms with E-state index in [4.69, 9.17) is 8.97 Å². The molecule has 5 rings (SSSR count). The molecular weight excluding hydrogens is 480 g/mol. The van der Waals surface area contributed by atoms with Crippen molar-refractivity contribution in [3.8, 4) is 0 Å². The second kappa shape index (κ2) is 11.1. The van der Waals surface area contributed by atoms with Crippen molar-refractivity contribution in [1.82, 2.24) is 15.3 Å². The van der Waals surface area contributed by atoms with Gasteiger partial charge in [-0.1, -0.05) is 24.6 Å². The molecule has 2 aromatic carbocycles. The summed E-state index contributed by atoms with van der Waals surface area (Å²) in [6.07, 6.45) is 7.12. The Balaban J connectivity index is 0.000000233. The molecule has 2 aromatic heterocycles. The normalized spacial score (nSPS) is 15.1. The van der Waals surface area contributed by atoms with Crippen LogP contribution in [0.4, 0.5) is 5.88 Å². The summed E-state index contributed by atoms with van der Waals surface area (Å²) < 4.78 is 34.6. The fourth-order valence-electron chi connectivity index (χ4n) is 4.25. The van der Waals surface area contributed by atoms with Crippen LogP contribution in [0.2, 0.25) is 0 Å². The van der Waals surface area contributed by atoms with Crippen molar-refractivity contribution in [2.24, 2.45) is 0 Å². The van der Waals surface area contributed by atoms with Gasteiger partial charge in [0.1, 0.15) is 0 Å². The van der Waals surface area contributed by atoms with Crippen LogP contribution in [-0.4, -0.2) is 41.4 Å². The minimum Gasteiger partial charge on any atom is -0.428 e. The molecule has 1 aliphatic rings. The van der Waals surface area contributed by atoms with Gasteiger partial charge >= 0.3 is 0 Å². The molecule has 1 aliphatic carbocycles. The fourth-order valence-corrected chi connectivity index (χ4v) is 4.73. The highest BCUT2D eigenvalue weighted by molar-refractivity contribution is 7.85. The second-order valence-electron chi connectivity index (χ2n) is 8.84. The lowest BCUT2D eigenvalue weighted by molar-refractivity contribution is 0.102. The molecule has 0 radical (unpaired) electrons. The lowest BCUT2D eigenvalue weighted by atomic mass is 9.91. The van der Waals surface area contributed by atoms with Crippen molar-refractivity contribution in [2.75, 3.05) is 11.9 Å². The molecule has 0 saturated carbocycles. The number of carbonyl (C=O) groups excluding carboxylic acids is 1. The van der Waals surface area contributed by atoms with Gasteiger partial charge in [-0.3, -0.25) is 14.7 Å². The molecule has 1 unspecified atom stereocenters. The molecule has 1 atom stereocenters. The summed E-state index contributed by atoms with van der Waals surface area (Å²) in [7, 11) is -4.02. The maximum atomic E-state index is 12.4. The first-order valence-corrected chi connectivity index (χ1v) is 13.3. The van der Waals surface area contributed by atoms with Crippen molar-refractivity contribution in [3.63, 3.8) is 0 Å². The number of benzene rings is 2. The first kappa shape index (κ1) is 25.6. The number of fused-ring (bicyclic) bond motifs is 3. The van der Waals surface area contributed by atoms with Gasteiger partial charge in [-0.05, 0) is 75.0 Å². The van der Waals surface area contributed by atoms with Gasteiger partial charge in [0.2, 0.25) is 5.88 Å². The number of anilines is 1. The number of carbonyl (C=O) groups is 1. The van der Waals surface area contributed by atoms with Crippen LogP contribution in [0.15, 0.2) is 64.4 Å². The predicted octanol–water partition coefficient (Wildman–Crippen LogP) is 4.51. The van der Waals surface area contributed by atoms with Crippen LogP contribution >= 0.6 is 0 Å². The van der Waals surface area contributed by atoms with Gasteiger partial charge in [-0.2, -0.15) is 8.42 Å². The highest BCUT2D eigenvalue weighted by atomic mass is 32.2. The number of oxazole rings is 1. The zero-order valence-electron chi connectivity index (χ0n) is 20.2. The lowest BCUT2D eigenvalue weighted by Crippen LogP contribution is -2.34. The molecule has 36 heavy (non-hydrogen) atoms. The van der Waals surface area contributed by atoms with Crippen LogP contribution < -0.4 is 10.6 Å². The van der Waals surface area contributed by atoms with Crippen molar-refractivity contribution < 1.29 is 22.2 Å². The summed E-state index contributed by atoms with van der Waals surface area (Å²) in [6, 6.07) is 12.3. The Kier molecular flexibility index (Phi) is 7.88. The van der Waals surface area contributed by atoms with Crippen molar-refractivity contribution >= 4 is 32.8 Å². The summed E-state index contributed by atoms with van der Waals surface area (Å²) in [5.74, 6) is 0.162. The number of aromatic nitrogens is 2. The first-order valence-electron chi connectivity index (χ1n) is 11.9. The molecule has 4 aromatic rings. The molecule has 0 saturated heterocycles. The van der Waals surface area contributed by atoms with E-state index in [-0.39, 0.29) is 10.8 Å². The van der Waals surface area contributed by atoms with Crippen molar-refractivity contribution in [3.05, 3.63) is 77.4 Å². The molecule has 1 amide bonds. The standard InChI is InChI=1S/C19H22N4O2.C7H8O3S/c1-2-7-21-13-4-6-17-15(9-13)14-8-12(3-5-16(14)22-17)19(24)23-18-10-20-11-25-18;1-6-2-4-7(5-3-6)11(8,9)10/h3,5,8,10-11,13,21-22H,2,4,6-7,9H2,1H3,(H,23,24);2-5H,1H3,(H,8,9,10). The third kappa shape index (κ3) is 6.20. The number of H-pyrrole nitrogens is 1. The van der Waals surface area contributed by atoms with E-state index in [0.717, 1.165) is 48.7 Å². The smallest absolute Gasteiger partial charge is 0.294 e. The Bertz CT molecular complexity index is 1430. The highest BCUT2D eigenvalue weighted by Gasteiger charge is 2.22. The molecule has 0 bridgehead atoms. The second-order valence-corrected chi connectivity index (χ2v) is 10.3. The summed E-state index contributed by atoms with van der Waals surface area (Å²) >= 11 is 0. The quantitative estimate of drug-likeness (QED) is 0.280. The Morgan fingerprint density at radius 1 is 1.22 bits per heavy atom. The number of aryl methyl sites for hydroxylation is 2. The SMILES string of the molecule is CCCNC1CCc2[nH]c3ccc(C(=O)Nc4cnco4)cc3c2C1.Cc1ccc(S(=O)(=O)O)cc1. The summed E-state index contributed by atoms with van der Waals surface area (Å²) in [6.45, 7) is 5.08. The van der Waals surface area contributed by atoms with Crippen LogP contribution in [0.5, 0.6) is 0 Å². The summed E-state index contributed by atoms with van der Waals surface area (Å²) in [5.41, 5.74) is 5.31. The van der Waals surface area contributed by atoms with Gasteiger partial charge < -0.3 is 14.7 Å². The maximum Gasteiger partial charge on any atom is 0.294 e. The van der Waals surface area contributed by atoms with E-state index >= 15 is 0 Å². The monoisotopic (exact) mass is 510 g/mol. The Morgan fingerprint density at radius 3 is 2.67 bits per heavy atom. The molecule has 10 heteroatoms. The van der Waals surface area contributed by atoms with Crippen LogP contribution in [-0.2, 0) is 23.0 Å². The minimum absolute atomic E-state index is 0.0666. The first-order chi connectivity index (χ1) is 17.2. The molecule has 190 valence electrons. The molecule has 9 nitrogen and oxygen atoms in total. The topological polar surface area (TPSA) is 137 Å². The van der Waals surface area contributed by atoms with Gasteiger partial charge in [-0.25, -0.2) is 4.98 Å². The van der Waals surface area contributed by atoms with Gasteiger partial charge in [0.15, 0.2) is 6.39 Å². The minimum atomic E-state index is -4.02. The fraction of sp³-hybridized carbons (Fsp3) is 0.308. The summed E-state index contributed by atoms with van der Waals surface area (Å²) in [5, 5.41) is 7.48. The Morgan fingerprint density at radius 2 is 2.00 bits per heavy atom. The van der Waals surface area contributed by atoms with E-state index in [1.807, 2.05) is 25.1 Å². The van der Waals surface area contributed by atoms with E-state index in [1.165, 1.54) is 36.0 Å². The average Bonchev–Trinajstić information content (AvgIpc) is 3.49. The van der Waals surface area contributed by atoms with Crippen LogP contribution in [0.25, 0.3) is 10.9 Å². The van der Waals surface area contributed by atoms with Gasteiger partial charge in [0.25, 0.3) is 16.0 Å². The zero-order valence-corrected chi connectivity index (χ0v) is 21.1. The van der Waals surface area contributed by atoms with E-state index in [2.05, 4.69) is 27.5 Å². The number of amides is 1. The third-order valence-electron chi connectivity index (χ3n) is 6.12. The van der Waals surface area contributed by atoms with Crippen LogP contribution in [0.3, 0.4) is 0 Å². The lowest BCUT2D eigenvalue weighted by Gasteiger charge is -2.23. The van der Waals surface area contributed by atoms with Gasteiger partial charge in [0, 0.05) is 28.2 Å². The largest absolute Gasteiger partial charge is 0.428 e. The predicted molar refractivity (Wildman–Crippen MR) is 138 cm³/mol. The molecular formula is C26H30N4O5S. The van der Waals surface area contributed by atoms with Gasteiger partial charge in [0.05, 0.1) is 11.1 Å². The Labute approximate surface area is 210 Å². The van der Waals surface area contributed by atoms with E-state index in [1.54, 1.807) is 12.1 Å². The number of hydrogen-bond acceptors (Lipinski definition) is 6. The highest BCUT2D eigenvalue weighted by Crippen LogP contribution is 2.30. The van der Waals surface area contributed by atoms with E-state index < -0.39 is 10.1 Å². The molecule has 2 heterocycles. The zero-order chi connectivity index (χ0) is 25.7. The number of aromatic amines is 1. The molecule has 0 spiro atoms. The number of rotatable bonds is 6. The Hall–Kier alpha value is -3.47. The van der Waals surface area contributed by atoms with Crippen molar-refractivity contribution in [2.45, 2.75) is 50.5 Å². The molecule has 0 fully saturated rings. The maximum absolute atomic E-state index is 12.4. The average molecular weight is 511 g/mol. The third-order valence-corrected chi connectivity index (χ3v) is 6.99. The van der Waals surface area contributed by atoms with Crippen molar-refractivity contribution in [1.29, 1.82) is 0 Å². The van der Waals surface area contributed by atoms with E-state index in [9.17, 15) is 13.2 Å². The summed E-state index contributed by atoms with van der Waals surface area (Å²) in [4.78, 5) is 19.7. The van der Waals surface area contributed by atoms with Crippen LogP contribution in [0.1, 0.15) is 46.9 Å². The molecule has 0 aliphatic heterocycles. The molecule has 4 N–H and O–H groups in total. The van der Waals surface area contributed by atoms with E-state index in [0.29, 0.717) is 17.5 Å². The number of hydrogen-bond donors (Lipinski definition) is 4.